The van der Waals surface area contributed by atoms with Gasteiger partial charge in [0.15, 0.2) is 0 Å². The second-order valence-corrected chi connectivity index (χ2v) is 3.45. The lowest BCUT2D eigenvalue weighted by Gasteiger charge is -2.13. The first-order chi connectivity index (χ1) is 7.09. The van der Waals surface area contributed by atoms with E-state index in [0.29, 0.717) is 6.54 Å². The van der Waals surface area contributed by atoms with Crippen LogP contribution in [0.2, 0.25) is 0 Å². The van der Waals surface area contributed by atoms with Crippen molar-refractivity contribution < 1.29 is 9.90 Å². The minimum atomic E-state index is -0.961. The maximum Gasteiger partial charge on any atom is 0.332 e. The van der Waals surface area contributed by atoms with Crippen molar-refractivity contribution in [2.24, 2.45) is 0 Å². The van der Waals surface area contributed by atoms with E-state index in [1.165, 1.54) is 0 Å². The van der Waals surface area contributed by atoms with Crippen molar-refractivity contribution in [1.82, 2.24) is 14.9 Å². The molecule has 5 nitrogen and oxygen atoms in total. The second-order valence-electron chi connectivity index (χ2n) is 3.45. The molecule has 5 heteroatoms. The molecule has 0 aromatic carbocycles. The largest absolute Gasteiger partial charge is 0.478 e. The van der Waals surface area contributed by atoms with Crippen LogP contribution < -0.4 is 5.32 Å². The summed E-state index contributed by atoms with van der Waals surface area (Å²) in [6, 6.07) is 0.176. The zero-order valence-corrected chi connectivity index (χ0v) is 8.68. The molecular weight excluding hydrogens is 194 g/mol. The summed E-state index contributed by atoms with van der Waals surface area (Å²) in [6.07, 6.45) is 5.30. The lowest BCUT2D eigenvalue weighted by molar-refractivity contribution is -0.132. The molecule has 1 atom stereocenters. The van der Waals surface area contributed by atoms with Gasteiger partial charge in [0.25, 0.3) is 0 Å². The number of carbonyl (C=O) groups is 1. The third-order valence-electron chi connectivity index (χ3n) is 2.01. The molecule has 0 spiro atoms. The van der Waals surface area contributed by atoms with Crippen molar-refractivity contribution in [2.45, 2.75) is 19.5 Å². The van der Waals surface area contributed by atoms with Crippen LogP contribution in [0.15, 0.2) is 30.9 Å². The Hall–Kier alpha value is -1.62. The smallest absolute Gasteiger partial charge is 0.332 e. The Labute approximate surface area is 88.4 Å². The van der Waals surface area contributed by atoms with Crippen LogP contribution in [0.1, 0.15) is 6.92 Å². The lowest BCUT2D eigenvalue weighted by atomic mass is 10.2. The van der Waals surface area contributed by atoms with Gasteiger partial charge in [-0.25, -0.2) is 9.78 Å². The first-order valence-electron chi connectivity index (χ1n) is 4.70. The highest BCUT2D eigenvalue weighted by Crippen LogP contribution is 1.93. The molecule has 0 bridgehead atoms. The topological polar surface area (TPSA) is 67.2 Å². The van der Waals surface area contributed by atoms with Crippen LogP contribution in [0.4, 0.5) is 0 Å². The van der Waals surface area contributed by atoms with Gasteiger partial charge in [-0.1, -0.05) is 6.58 Å². The van der Waals surface area contributed by atoms with E-state index in [1.807, 2.05) is 17.7 Å². The molecule has 0 saturated heterocycles. The normalized spacial score (nSPS) is 12.3. The minimum absolute atomic E-state index is 0.174. The number of nitrogens with one attached hydrogen (secondary N) is 1. The summed E-state index contributed by atoms with van der Waals surface area (Å²) in [4.78, 5) is 14.4. The van der Waals surface area contributed by atoms with Crippen molar-refractivity contribution in [3.8, 4) is 0 Å². The number of carboxylic acids is 1. The average Bonchev–Trinajstić information content (AvgIpc) is 2.66. The van der Waals surface area contributed by atoms with Gasteiger partial charge in [-0.15, -0.1) is 0 Å². The molecule has 1 aromatic heterocycles. The molecule has 0 amide bonds. The number of carboxylic acid groups (broad SMARTS) is 1. The van der Waals surface area contributed by atoms with E-state index in [9.17, 15) is 4.79 Å². The maximum absolute atomic E-state index is 10.5. The van der Waals surface area contributed by atoms with Gasteiger partial charge < -0.3 is 15.0 Å². The number of hydrogen-bond donors (Lipinski definition) is 2. The molecule has 1 aromatic rings. The highest BCUT2D eigenvalue weighted by Gasteiger charge is 2.06. The van der Waals surface area contributed by atoms with E-state index < -0.39 is 5.97 Å². The Balaban J connectivity index is 2.28. The van der Waals surface area contributed by atoms with E-state index >= 15 is 0 Å². The maximum atomic E-state index is 10.5. The predicted octanol–water partition coefficient (Wildman–Crippen LogP) is 0.502. The third kappa shape index (κ3) is 3.95. The standard InChI is InChI=1S/C10H15N3O2/c1-8(10(14)15)5-12-9(2)6-13-4-3-11-7-13/h3-4,7,9,12H,1,5-6H2,2H3,(H,14,15). The van der Waals surface area contributed by atoms with Gasteiger partial charge in [-0.2, -0.15) is 0 Å². The van der Waals surface area contributed by atoms with Crippen molar-refractivity contribution in [3.63, 3.8) is 0 Å². The second kappa shape index (κ2) is 5.31. The quantitative estimate of drug-likeness (QED) is 0.670. The van der Waals surface area contributed by atoms with Crippen LogP contribution >= 0.6 is 0 Å². The molecule has 1 rings (SSSR count). The zero-order valence-electron chi connectivity index (χ0n) is 8.68. The Morgan fingerprint density at radius 3 is 3.00 bits per heavy atom. The van der Waals surface area contributed by atoms with Gasteiger partial charge in [-0.3, -0.25) is 0 Å². The number of hydrogen-bond acceptors (Lipinski definition) is 3. The van der Waals surface area contributed by atoms with Crippen LogP contribution in [-0.2, 0) is 11.3 Å². The van der Waals surface area contributed by atoms with Crippen LogP contribution in [-0.4, -0.2) is 33.2 Å². The van der Waals surface area contributed by atoms with E-state index in [1.54, 1.807) is 12.5 Å². The van der Waals surface area contributed by atoms with Crippen molar-refractivity contribution in [1.29, 1.82) is 0 Å². The molecule has 2 N–H and O–H groups in total. The molecule has 15 heavy (non-hydrogen) atoms. The average molecular weight is 209 g/mol. The molecule has 0 radical (unpaired) electrons. The van der Waals surface area contributed by atoms with Gasteiger partial charge in [0.1, 0.15) is 0 Å². The zero-order chi connectivity index (χ0) is 11.3. The fourth-order valence-corrected chi connectivity index (χ4v) is 1.15. The Kier molecular flexibility index (Phi) is 4.05. The molecule has 0 aliphatic rings. The van der Waals surface area contributed by atoms with Crippen molar-refractivity contribution in [2.75, 3.05) is 6.54 Å². The summed E-state index contributed by atoms with van der Waals surface area (Å²) in [6.45, 7) is 6.48. The summed E-state index contributed by atoms with van der Waals surface area (Å²) < 4.78 is 1.93. The highest BCUT2D eigenvalue weighted by molar-refractivity contribution is 5.86. The molecule has 0 saturated carbocycles. The summed E-state index contributed by atoms with van der Waals surface area (Å²) in [5.74, 6) is -0.961. The molecule has 0 aliphatic carbocycles. The molecule has 0 aliphatic heterocycles. The number of nitrogens with zero attached hydrogens (tertiary/aromatic N) is 2. The van der Waals surface area contributed by atoms with Gasteiger partial charge in [0.05, 0.1) is 6.33 Å². The van der Waals surface area contributed by atoms with Crippen LogP contribution in [0.3, 0.4) is 0 Å². The minimum Gasteiger partial charge on any atom is -0.478 e. The number of aliphatic carboxylic acids is 1. The fraction of sp³-hybridized carbons (Fsp3) is 0.400. The summed E-state index contributed by atoms with van der Waals surface area (Å²) in [7, 11) is 0. The monoisotopic (exact) mass is 209 g/mol. The van der Waals surface area contributed by atoms with Crippen LogP contribution in [0, 0.1) is 0 Å². The molecule has 0 fully saturated rings. The van der Waals surface area contributed by atoms with Crippen molar-refractivity contribution in [3.05, 3.63) is 30.9 Å². The van der Waals surface area contributed by atoms with Crippen LogP contribution in [0.5, 0.6) is 0 Å². The predicted molar refractivity (Wildman–Crippen MR) is 56.5 cm³/mol. The Bertz CT molecular complexity index is 332. The Morgan fingerprint density at radius 1 is 1.73 bits per heavy atom. The van der Waals surface area contributed by atoms with Gasteiger partial charge >= 0.3 is 5.97 Å². The van der Waals surface area contributed by atoms with Gasteiger partial charge in [0, 0.05) is 37.1 Å². The molecular formula is C10H15N3O2. The molecule has 82 valence electrons. The fourth-order valence-electron chi connectivity index (χ4n) is 1.15. The highest BCUT2D eigenvalue weighted by atomic mass is 16.4. The number of imidazole rings is 1. The summed E-state index contributed by atoms with van der Waals surface area (Å²) >= 11 is 0. The number of rotatable bonds is 6. The first-order valence-corrected chi connectivity index (χ1v) is 4.70. The Morgan fingerprint density at radius 2 is 2.47 bits per heavy atom. The van der Waals surface area contributed by atoms with Crippen LogP contribution in [0.25, 0.3) is 0 Å². The number of aromatic nitrogens is 2. The summed E-state index contributed by atoms with van der Waals surface area (Å²) in [5, 5.41) is 11.7. The first kappa shape index (κ1) is 11.5. The van der Waals surface area contributed by atoms with E-state index in [2.05, 4.69) is 16.9 Å². The van der Waals surface area contributed by atoms with Crippen molar-refractivity contribution >= 4 is 5.97 Å². The molecule has 1 heterocycles. The molecule has 1 unspecified atom stereocenters. The van der Waals surface area contributed by atoms with Gasteiger partial charge in [0.2, 0.25) is 0 Å². The SMILES string of the molecule is C=C(CNC(C)Cn1ccnc1)C(=O)O. The van der Waals surface area contributed by atoms with E-state index in [4.69, 9.17) is 5.11 Å². The van der Waals surface area contributed by atoms with E-state index in [0.717, 1.165) is 6.54 Å². The lowest BCUT2D eigenvalue weighted by Crippen LogP contribution is -2.32. The summed E-state index contributed by atoms with van der Waals surface area (Å²) in [5.41, 5.74) is 0.174. The third-order valence-corrected chi connectivity index (χ3v) is 2.01. The van der Waals surface area contributed by atoms with E-state index in [-0.39, 0.29) is 11.6 Å². The van der Waals surface area contributed by atoms with Gasteiger partial charge in [-0.05, 0) is 6.92 Å².